The fourth-order valence-electron chi connectivity index (χ4n) is 3.04. The van der Waals surface area contributed by atoms with Crippen molar-refractivity contribution in [1.82, 2.24) is 26.6 Å². The number of nitrogens with zero attached hydrogens (tertiary/aromatic N) is 1. The predicted octanol–water partition coefficient (Wildman–Crippen LogP) is -4.02. The Balaban J connectivity index is 5.31. The molecule has 13 N–H and O–H groups in total. The zero-order chi connectivity index (χ0) is 32.4. The highest BCUT2D eigenvalue weighted by molar-refractivity contribution is 7.99. The number of carbonyl (C=O) groups is 7. The maximum absolute atomic E-state index is 12.8. The summed E-state index contributed by atoms with van der Waals surface area (Å²) in [5.41, 5.74) is 16.2. The molecule has 0 rings (SSSR count). The highest BCUT2D eigenvalue weighted by Crippen LogP contribution is 2.05. The number of carbonyl (C=O) groups excluding carboxylic acids is 5. The molecule has 0 aliphatic rings. The van der Waals surface area contributed by atoms with E-state index in [2.05, 4.69) is 31.6 Å². The Morgan fingerprint density at radius 1 is 0.857 bits per heavy atom. The fraction of sp³-hybridized carbons (Fsp3) is 0.652. The minimum absolute atomic E-state index is 0.00803. The van der Waals surface area contributed by atoms with Gasteiger partial charge in [-0.05, 0) is 18.8 Å². The van der Waals surface area contributed by atoms with Gasteiger partial charge in [-0.1, -0.05) is 13.8 Å². The van der Waals surface area contributed by atoms with Crippen LogP contribution >= 0.6 is 11.8 Å². The molecule has 0 fully saturated rings. The summed E-state index contributed by atoms with van der Waals surface area (Å²) in [6.45, 7) is 4.12. The summed E-state index contributed by atoms with van der Waals surface area (Å²) in [5, 5.41) is 30.2. The molecule has 42 heavy (non-hydrogen) atoms. The largest absolute Gasteiger partial charge is 0.481 e. The van der Waals surface area contributed by atoms with Crippen LogP contribution in [0.3, 0.4) is 0 Å². The van der Waals surface area contributed by atoms with Crippen LogP contribution in [0.2, 0.25) is 0 Å². The Labute approximate surface area is 246 Å². The molecule has 4 atom stereocenters. The number of hydrogen-bond acceptors (Lipinski definition) is 10. The van der Waals surface area contributed by atoms with Crippen molar-refractivity contribution in [2.45, 2.75) is 64.2 Å². The van der Waals surface area contributed by atoms with E-state index in [0.29, 0.717) is 0 Å². The van der Waals surface area contributed by atoms with E-state index in [-0.39, 0.29) is 48.8 Å². The summed E-state index contributed by atoms with van der Waals surface area (Å²) in [4.78, 5) is 88.0. The zero-order valence-corrected chi connectivity index (χ0v) is 24.5. The van der Waals surface area contributed by atoms with Crippen LogP contribution in [0.15, 0.2) is 4.99 Å². The van der Waals surface area contributed by atoms with Crippen LogP contribution in [-0.2, 0) is 33.6 Å². The van der Waals surface area contributed by atoms with E-state index < -0.39 is 72.7 Å². The molecule has 0 spiro atoms. The van der Waals surface area contributed by atoms with Crippen molar-refractivity contribution in [3.8, 4) is 0 Å². The maximum Gasteiger partial charge on any atom is 0.326 e. The second-order valence-electron chi connectivity index (χ2n) is 9.36. The lowest BCUT2D eigenvalue weighted by molar-refractivity contribution is -0.143. The molecule has 0 aromatic rings. The number of nitrogens with two attached hydrogens (primary N) is 3. The van der Waals surface area contributed by atoms with Gasteiger partial charge < -0.3 is 54.0 Å². The van der Waals surface area contributed by atoms with E-state index >= 15 is 0 Å². The minimum atomic E-state index is -1.67. The Morgan fingerprint density at radius 2 is 1.48 bits per heavy atom. The molecule has 0 radical (unpaired) electrons. The third-order valence-corrected chi connectivity index (χ3v) is 6.29. The highest BCUT2D eigenvalue weighted by atomic mass is 32.2. The number of carboxylic acid groups (broad SMARTS) is 2. The van der Waals surface area contributed by atoms with Crippen molar-refractivity contribution in [2.24, 2.45) is 28.1 Å². The van der Waals surface area contributed by atoms with Crippen LogP contribution in [0.25, 0.3) is 0 Å². The average molecular weight is 620 g/mol. The zero-order valence-electron chi connectivity index (χ0n) is 23.7. The first-order chi connectivity index (χ1) is 19.5. The average Bonchev–Trinajstić information content (AvgIpc) is 2.88. The predicted molar refractivity (Wildman–Crippen MR) is 153 cm³/mol. The number of rotatable bonds is 20. The molecular weight excluding hydrogens is 578 g/mol. The molecule has 0 heterocycles. The van der Waals surface area contributed by atoms with Crippen LogP contribution in [0.4, 0.5) is 0 Å². The summed E-state index contributed by atoms with van der Waals surface area (Å²) in [6, 6.07) is -5.15. The molecule has 5 amide bonds. The van der Waals surface area contributed by atoms with Crippen LogP contribution in [0, 0.1) is 5.92 Å². The number of carboxylic acids is 2. The van der Waals surface area contributed by atoms with Crippen molar-refractivity contribution in [3.63, 3.8) is 0 Å². The van der Waals surface area contributed by atoms with Gasteiger partial charge in [0.2, 0.25) is 29.5 Å². The Bertz CT molecular complexity index is 1010. The van der Waals surface area contributed by atoms with Gasteiger partial charge in [0.1, 0.15) is 18.1 Å². The number of guanidine groups is 1. The molecule has 0 aliphatic heterocycles. The summed E-state index contributed by atoms with van der Waals surface area (Å²) in [5.74, 6) is -6.87. The van der Waals surface area contributed by atoms with Gasteiger partial charge in [-0.25, -0.2) is 4.79 Å². The first kappa shape index (κ1) is 37.9. The van der Waals surface area contributed by atoms with E-state index in [1.165, 1.54) is 6.92 Å². The van der Waals surface area contributed by atoms with Crippen molar-refractivity contribution in [1.29, 1.82) is 0 Å². The third-order valence-electron chi connectivity index (χ3n) is 5.38. The highest BCUT2D eigenvalue weighted by Gasteiger charge is 2.29. The molecule has 0 aliphatic carbocycles. The second kappa shape index (κ2) is 19.9. The smallest absolute Gasteiger partial charge is 0.326 e. The molecular formula is C23H41N9O9S. The van der Waals surface area contributed by atoms with E-state index in [4.69, 9.17) is 17.2 Å². The Hall–Kier alpha value is -4.13. The van der Waals surface area contributed by atoms with Gasteiger partial charge in [-0.15, -0.1) is 11.8 Å². The first-order valence-electron chi connectivity index (χ1n) is 12.8. The SMILES string of the molecule is CC(=O)NCSC[C@H](NC(=O)[C@@H](N)C(C)C)C(=O)NCC(=O)N[C@@H](CC(=O)O)C(=O)N[C@@H](CCCN=C(N)N)C(=O)O. The van der Waals surface area contributed by atoms with Gasteiger partial charge in [0.05, 0.1) is 24.9 Å². The first-order valence-corrected chi connectivity index (χ1v) is 14.0. The van der Waals surface area contributed by atoms with Crippen molar-refractivity contribution >= 4 is 59.2 Å². The van der Waals surface area contributed by atoms with Crippen molar-refractivity contribution in [3.05, 3.63) is 0 Å². The lowest BCUT2D eigenvalue weighted by Gasteiger charge is -2.22. The third kappa shape index (κ3) is 16.9. The van der Waals surface area contributed by atoms with E-state index in [1.54, 1.807) is 13.8 Å². The normalized spacial score (nSPS) is 13.5. The molecule has 0 saturated carbocycles. The molecule has 0 bridgehead atoms. The van der Waals surface area contributed by atoms with Gasteiger partial charge in [0.15, 0.2) is 5.96 Å². The number of aliphatic imine (C=N–C) groups is 1. The van der Waals surface area contributed by atoms with Gasteiger partial charge >= 0.3 is 11.9 Å². The number of thioether (sulfide) groups is 1. The molecule has 238 valence electrons. The number of nitrogens with one attached hydrogen (secondary N) is 5. The monoisotopic (exact) mass is 619 g/mol. The van der Waals surface area contributed by atoms with Gasteiger partial charge in [-0.2, -0.15) is 0 Å². The van der Waals surface area contributed by atoms with Gasteiger partial charge in [-0.3, -0.25) is 33.8 Å². The van der Waals surface area contributed by atoms with E-state index in [1.807, 2.05) is 0 Å². The standard InChI is InChI=1S/C23H41N9O9S/c1-11(2)18(24)21(39)32-15(9-42-10-29-12(3)33)19(37)28-8-16(34)30-14(7-17(35)36)20(38)31-13(22(40)41)5-4-6-27-23(25)26/h11,13-15,18H,4-10,24H2,1-3H3,(H,28,37)(H,29,33)(H,30,34)(H,31,38)(H,32,39)(H,35,36)(H,40,41)(H4,25,26,27)/t13-,14-,15-,18-/m0/s1. The summed E-state index contributed by atoms with van der Waals surface area (Å²) >= 11 is 1.12. The molecule has 0 unspecified atom stereocenters. The molecule has 18 nitrogen and oxygen atoms in total. The van der Waals surface area contributed by atoms with E-state index in [0.717, 1.165) is 11.8 Å². The van der Waals surface area contributed by atoms with Gasteiger partial charge in [0.25, 0.3) is 0 Å². The van der Waals surface area contributed by atoms with Crippen LogP contribution in [-0.4, -0.2) is 107 Å². The quantitative estimate of drug-likeness (QED) is 0.0269. The van der Waals surface area contributed by atoms with Gasteiger partial charge in [0, 0.05) is 19.2 Å². The molecule has 0 aromatic heterocycles. The number of amides is 5. The molecule has 0 saturated heterocycles. The topological polar surface area (TPSA) is 311 Å². The Kier molecular flexibility index (Phi) is 17.9. The summed E-state index contributed by atoms with van der Waals surface area (Å²) < 4.78 is 0. The number of hydrogen-bond donors (Lipinski definition) is 10. The summed E-state index contributed by atoms with van der Waals surface area (Å²) in [7, 11) is 0. The van der Waals surface area contributed by atoms with E-state index in [9.17, 15) is 43.8 Å². The fourth-order valence-corrected chi connectivity index (χ4v) is 3.93. The summed E-state index contributed by atoms with van der Waals surface area (Å²) in [6.07, 6.45) is -0.785. The minimum Gasteiger partial charge on any atom is -0.481 e. The lowest BCUT2D eigenvalue weighted by atomic mass is 10.0. The van der Waals surface area contributed by atoms with Crippen molar-refractivity contribution in [2.75, 3.05) is 24.7 Å². The Morgan fingerprint density at radius 3 is 2.00 bits per heavy atom. The maximum atomic E-state index is 12.8. The van der Waals surface area contributed by atoms with Crippen LogP contribution in [0.5, 0.6) is 0 Å². The van der Waals surface area contributed by atoms with Crippen LogP contribution in [0.1, 0.15) is 40.0 Å². The number of aliphatic carboxylic acids is 2. The van der Waals surface area contributed by atoms with Crippen molar-refractivity contribution < 1.29 is 43.8 Å². The molecule has 19 heteroatoms. The molecule has 0 aromatic carbocycles. The van der Waals surface area contributed by atoms with Crippen LogP contribution < -0.4 is 43.8 Å². The lowest BCUT2D eigenvalue weighted by Crippen LogP contribution is -2.56. The second-order valence-corrected chi connectivity index (χ2v) is 10.4.